The first-order chi connectivity index (χ1) is 6.28. The third-order valence-electron chi connectivity index (χ3n) is 1.93. The Morgan fingerprint density at radius 2 is 1.92 bits per heavy atom. The Bertz CT molecular complexity index is 217. The zero-order chi connectivity index (χ0) is 10.1. The Balaban J connectivity index is 4.12. The van der Waals surface area contributed by atoms with Gasteiger partial charge in [0.15, 0.2) is 0 Å². The number of nitrogens with zero attached hydrogens (tertiary/aromatic N) is 2. The maximum Gasteiger partial charge on any atom is 0.0946 e. The van der Waals surface area contributed by atoms with Crippen LogP contribution in [0.5, 0.6) is 0 Å². The van der Waals surface area contributed by atoms with Gasteiger partial charge in [0.2, 0.25) is 0 Å². The van der Waals surface area contributed by atoms with Gasteiger partial charge in [0.1, 0.15) is 0 Å². The molecule has 0 aromatic carbocycles. The lowest BCUT2D eigenvalue weighted by Gasteiger charge is -2.13. The van der Waals surface area contributed by atoms with Crippen LogP contribution in [0.1, 0.15) is 27.2 Å². The zero-order valence-electron chi connectivity index (χ0n) is 8.75. The summed E-state index contributed by atoms with van der Waals surface area (Å²) >= 11 is 0. The van der Waals surface area contributed by atoms with E-state index in [0.29, 0.717) is 0 Å². The summed E-state index contributed by atoms with van der Waals surface area (Å²) in [6.07, 6.45) is 6.64. The van der Waals surface area contributed by atoms with Gasteiger partial charge in [-0.2, -0.15) is 5.26 Å². The average Bonchev–Trinajstić information content (AvgIpc) is 2.19. The molecule has 0 aromatic heterocycles. The van der Waals surface area contributed by atoms with Crippen molar-refractivity contribution in [3.8, 4) is 6.07 Å². The molecule has 0 rings (SSSR count). The highest BCUT2D eigenvalue weighted by atomic mass is 15.1. The van der Waals surface area contributed by atoms with Gasteiger partial charge in [0.25, 0.3) is 0 Å². The molecule has 2 heteroatoms. The first kappa shape index (κ1) is 11.8. The molecule has 2 nitrogen and oxygen atoms in total. The lowest BCUT2D eigenvalue weighted by molar-refractivity contribution is 0.419. The molecule has 0 bridgehead atoms. The molecule has 0 spiro atoms. The predicted octanol–water partition coefficient (Wildman–Crippen LogP) is 2.70. The molecule has 0 atom stereocenters. The smallest absolute Gasteiger partial charge is 0.0946 e. The summed E-state index contributed by atoms with van der Waals surface area (Å²) in [5.41, 5.74) is 0.823. The fourth-order valence-electron chi connectivity index (χ4n) is 0.950. The fourth-order valence-corrected chi connectivity index (χ4v) is 0.950. The van der Waals surface area contributed by atoms with E-state index in [-0.39, 0.29) is 0 Å². The van der Waals surface area contributed by atoms with Crippen molar-refractivity contribution in [1.29, 1.82) is 5.26 Å². The van der Waals surface area contributed by atoms with Crippen LogP contribution in [0.2, 0.25) is 0 Å². The minimum atomic E-state index is 0.805. The van der Waals surface area contributed by atoms with Crippen molar-refractivity contribution in [1.82, 2.24) is 4.90 Å². The van der Waals surface area contributed by atoms with Gasteiger partial charge < -0.3 is 4.90 Å². The van der Waals surface area contributed by atoms with Crippen LogP contribution >= 0.6 is 0 Å². The van der Waals surface area contributed by atoms with Crippen LogP contribution in [0.15, 0.2) is 23.9 Å². The van der Waals surface area contributed by atoms with Gasteiger partial charge in [0, 0.05) is 18.7 Å². The van der Waals surface area contributed by atoms with E-state index in [4.69, 9.17) is 5.26 Å². The van der Waals surface area contributed by atoms with Gasteiger partial charge in [-0.3, -0.25) is 0 Å². The van der Waals surface area contributed by atoms with E-state index in [1.54, 1.807) is 0 Å². The summed E-state index contributed by atoms with van der Waals surface area (Å²) in [4.78, 5) is 2.18. The molecule has 0 saturated carbocycles. The standard InChI is InChI=1S/C11H18N2/c1-4-11(10-12)8-7-9-13(5-2)6-3/h7-9H,4-6H2,1-3H3. The third-order valence-corrected chi connectivity index (χ3v) is 1.93. The van der Waals surface area contributed by atoms with Gasteiger partial charge in [-0.25, -0.2) is 0 Å². The van der Waals surface area contributed by atoms with Crippen molar-refractivity contribution in [2.45, 2.75) is 27.2 Å². The second-order valence-corrected chi connectivity index (χ2v) is 2.72. The van der Waals surface area contributed by atoms with Crippen LogP contribution in [0.3, 0.4) is 0 Å². The van der Waals surface area contributed by atoms with Crippen molar-refractivity contribution in [3.05, 3.63) is 23.9 Å². The predicted molar refractivity (Wildman–Crippen MR) is 56.0 cm³/mol. The molecule has 0 radical (unpaired) electrons. The largest absolute Gasteiger partial charge is 0.378 e. The topological polar surface area (TPSA) is 27.0 Å². The monoisotopic (exact) mass is 178 g/mol. The van der Waals surface area contributed by atoms with E-state index in [9.17, 15) is 0 Å². The summed E-state index contributed by atoms with van der Waals surface area (Å²) in [7, 11) is 0. The summed E-state index contributed by atoms with van der Waals surface area (Å²) in [6, 6.07) is 2.15. The molecule has 13 heavy (non-hydrogen) atoms. The molecule has 0 N–H and O–H groups in total. The van der Waals surface area contributed by atoms with Crippen LogP contribution in [-0.2, 0) is 0 Å². The highest BCUT2D eigenvalue weighted by molar-refractivity contribution is 5.24. The molecule has 72 valence electrons. The number of allylic oxidation sites excluding steroid dienone is 3. The second-order valence-electron chi connectivity index (χ2n) is 2.72. The summed E-state index contributed by atoms with van der Waals surface area (Å²) < 4.78 is 0. The average molecular weight is 178 g/mol. The number of hydrogen-bond donors (Lipinski definition) is 0. The number of nitriles is 1. The molecular weight excluding hydrogens is 160 g/mol. The van der Waals surface area contributed by atoms with E-state index in [2.05, 4.69) is 24.8 Å². The van der Waals surface area contributed by atoms with Crippen molar-refractivity contribution in [2.75, 3.05) is 13.1 Å². The molecule has 0 aliphatic rings. The molecule has 0 heterocycles. The van der Waals surface area contributed by atoms with E-state index >= 15 is 0 Å². The van der Waals surface area contributed by atoms with Gasteiger partial charge in [-0.1, -0.05) is 6.92 Å². The van der Waals surface area contributed by atoms with Crippen LogP contribution in [0, 0.1) is 11.3 Å². The Hall–Kier alpha value is -1.23. The number of hydrogen-bond acceptors (Lipinski definition) is 2. The molecule has 0 aliphatic heterocycles. The maximum absolute atomic E-state index is 8.64. The van der Waals surface area contributed by atoms with E-state index in [1.807, 2.05) is 25.3 Å². The Kier molecular flexibility index (Phi) is 6.72. The Labute approximate surface area is 81.2 Å². The lowest BCUT2D eigenvalue weighted by atomic mass is 10.2. The highest BCUT2D eigenvalue weighted by Crippen LogP contribution is 1.98. The van der Waals surface area contributed by atoms with E-state index in [1.165, 1.54) is 0 Å². The molecular formula is C11H18N2. The molecule has 0 amide bonds. The fraction of sp³-hybridized carbons (Fsp3) is 0.545. The van der Waals surface area contributed by atoms with Crippen molar-refractivity contribution >= 4 is 0 Å². The van der Waals surface area contributed by atoms with E-state index < -0.39 is 0 Å². The minimum Gasteiger partial charge on any atom is -0.378 e. The summed E-state index contributed by atoms with van der Waals surface area (Å²) in [6.45, 7) is 8.23. The van der Waals surface area contributed by atoms with Gasteiger partial charge in [-0.15, -0.1) is 0 Å². The quantitative estimate of drug-likeness (QED) is 0.478. The first-order valence-electron chi connectivity index (χ1n) is 4.79. The van der Waals surface area contributed by atoms with Crippen LogP contribution in [0.4, 0.5) is 0 Å². The van der Waals surface area contributed by atoms with Crippen LogP contribution < -0.4 is 0 Å². The summed E-state index contributed by atoms with van der Waals surface area (Å²) in [5, 5.41) is 8.64. The lowest BCUT2D eigenvalue weighted by Crippen LogP contribution is -2.14. The van der Waals surface area contributed by atoms with Gasteiger partial charge in [0.05, 0.1) is 6.07 Å². The van der Waals surface area contributed by atoms with Crippen molar-refractivity contribution < 1.29 is 0 Å². The highest BCUT2D eigenvalue weighted by Gasteiger charge is 1.89. The molecule has 0 saturated heterocycles. The van der Waals surface area contributed by atoms with Crippen molar-refractivity contribution in [3.63, 3.8) is 0 Å². The molecule has 0 aliphatic carbocycles. The zero-order valence-corrected chi connectivity index (χ0v) is 8.75. The summed E-state index contributed by atoms with van der Waals surface area (Å²) in [5.74, 6) is 0. The maximum atomic E-state index is 8.64. The molecule has 0 fully saturated rings. The molecule has 0 aromatic rings. The van der Waals surface area contributed by atoms with Gasteiger partial charge in [-0.05, 0) is 38.6 Å². The molecule has 0 unspecified atom stereocenters. The number of rotatable bonds is 5. The Morgan fingerprint density at radius 3 is 2.31 bits per heavy atom. The second kappa shape index (κ2) is 7.42. The SMILES string of the molecule is CCC(C#N)=CC=CN(CC)CC. The minimum absolute atomic E-state index is 0.805. The van der Waals surface area contributed by atoms with Crippen molar-refractivity contribution in [2.24, 2.45) is 0 Å². The third kappa shape index (κ3) is 5.08. The first-order valence-corrected chi connectivity index (χ1v) is 4.79. The normalized spacial score (nSPS) is 11.7. The van der Waals surface area contributed by atoms with E-state index in [0.717, 1.165) is 25.1 Å². The van der Waals surface area contributed by atoms with Crippen LogP contribution in [0.25, 0.3) is 0 Å². The Morgan fingerprint density at radius 1 is 1.31 bits per heavy atom. The van der Waals surface area contributed by atoms with Crippen LogP contribution in [-0.4, -0.2) is 18.0 Å². The van der Waals surface area contributed by atoms with Gasteiger partial charge >= 0.3 is 0 Å².